The zero-order valence-corrected chi connectivity index (χ0v) is 18.7. The molecule has 0 spiro atoms. The van der Waals surface area contributed by atoms with E-state index in [0.29, 0.717) is 33.3 Å². The first-order chi connectivity index (χ1) is 16.4. The quantitative estimate of drug-likeness (QED) is 0.376. The van der Waals surface area contributed by atoms with Gasteiger partial charge >= 0.3 is 12.0 Å². The summed E-state index contributed by atoms with van der Waals surface area (Å²) in [6.07, 6.45) is 1.50. The second-order valence-corrected chi connectivity index (χ2v) is 7.71. The SMILES string of the molecule is COc1cccc(/C=C2/NC(=O)N(c3ccc(Cl)cc3)C2=O)c1OCc1cccc(C(=O)O)c1. The van der Waals surface area contributed by atoms with Gasteiger partial charge in [-0.15, -0.1) is 0 Å². The van der Waals surface area contributed by atoms with E-state index in [-0.39, 0.29) is 17.9 Å². The van der Waals surface area contributed by atoms with Crippen molar-refractivity contribution in [2.24, 2.45) is 0 Å². The minimum Gasteiger partial charge on any atom is -0.493 e. The molecule has 0 unspecified atom stereocenters. The summed E-state index contributed by atoms with van der Waals surface area (Å²) in [4.78, 5) is 37.7. The molecular weight excluding hydrogens is 460 g/mol. The standard InChI is InChI=1S/C25H19ClN2O6/c1-33-21-7-3-5-16(22(21)34-14-15-4-2-6-17(12-15)24(30)31)13-20-23(29)28(25(32)27-20)19-10-8-18(26)9-11-19/h2-13H,14H2,1H3,(H,27,32)(H,30,31)/b20-13+. The molecule has 4 rings (SSSR count). The number of amides is 3. The molecule has 1 saturated heterocycles. The molecule has 3 aromatic carbocycles. The van der Waals surface area contributed by atoms with Gasteiger partial charge in [0.05, 0.1) is 18.4 Å². The number of carboxylic acid groups (broad SMARTS) is 1. The van der Waals surface area contributed by atoms with Crippen LogP contribution in [0.5, 0.6) is 11.5 Å². The maximum Gasteiger partial charge on any atom is 0.335 e. The molecular formula is C25H19ClN2O6. The van der Waals surface area contributed by atoms with Crippen molar-refractivity contribution in [3.05, 3.63) is 94.1 Å². The van der Waals surface area contributed by atoms with Crippen LogP contribution in [0.3, 0.4) is 0 Å². The van der Waals surface area contributed by atoms with E-state index in [4.69, 9.17) is 21.1 Å². The molecule has 1 aliphatic rings. The number of nitrogens with one attached hydrogen (secondary N) is 1. The Morgan fingerprint density at radius 2 is 1.82 bits per heavy atom. The number of hydrogen-bond acceptors (Lipinski definition) is 5. The molecule has 0 aliphatic carbocycles. The predicted octanol–water partition coefficient (Wildman–Crippen LogP) is 4.72. The molecule has 9 heteroatoms. The van der Waals surface area contributed by atoms with Crippen molar-refractivity contribution < 1.29 is 29.0 Å². The van der Waals surface area contributed by atoms with E-state index in [0.717, 1.165) is 4.90 Å². The van der Waals surface area contributed by atoms with Gasteiger partial charge in [0.2, 0.25) is 0 Å². The first kappa shape index (κ1) is 22.9. The topological polar surface area (TPSA) is 105 Å². The third kappa shape index (κ3) is 4.72. The molecule has 3 amide bonds. The first-order valence-corrected chi connectivity index (χ1v) is 10.5. The fraction of sp³-hybridized carbons (Fsp3) is 0.0800. The van der Waals surface area contributed by atoms with Crippen molar-refractivity contribution in [3.8, 4) is 11.5 Å². The smallest absolute Gasteiger partial charge is 0.335 e. The van der Waals surface area contributed by atoms with Crippen molar-refractivity contribution >= 4 is 41.3 Å². The molecule has 1 aliphatic heterocycles. The lowest BCUT2D eigenvalue weighted by Crippen LogP contribution is -2.30. The Labute approximate surface area is 200 Å². The first-order valence-electron chi connectivity index (χ1n) is 10.1. The number of aromatic carboxylic acids is 1. The van der Waals surface area contributed by atoms with Gasteiger partial charge in [-0.25, -0.2) is 14.5 Å². The Hall–Kier alpha value is -4.30. The van der Waals surface area contributed by atoms with E-state index in [1.807, 2.05) is 0 Å². The Morgan fingerprint density at radius 1 is 1.09 bits per heavy atom. The van der Waals surface area contributed by atoms with Crippen LogP contribution in [0.1, 0.15) is 21.5 Å². The van der Waals surface area contributed by atoms with Crippen LogP contribution >= 0.6 is 11.6 Å². The number of carboxylic acids is 1. The normalized spacial score (nSPS) is 14.3. The van der Waals surface area contributed by atoms with Gasteiger partial charge in [0.25, 0.3) is 5.91 Å². The second-order valence-electron chi connectivity index (χ2n) is 7.28. The number of ether oxygens (including phenoxy) is 2. The third-order valence-electron chi connectivity index (χ3n) is 5.05. The number of para-hydroxylation sites is 1. The number of anilines is 1. The van der Waals surface area contributed by atoms with E-state index in [1.54, 1.807) is 54.6 Å². The molecule has 1 heterocycles. The minimum atomic E-state index is -1.04. The van der Waals surface area contributed by atoms with Gasteiger partial charge in [0.15, 0.2) is 11.5 Å². The summed E-state index contributed by atoms with van der Waals surface area (Å²) in [7, 11) is 1.48. The van der Waals surface area contributed by atoms with Crippen LogP contribution in [0, 0.1) is 0 Å². The summed E-state index contributed by atoms with van der Waals surface area (Å²) < 4.78 is 11.4. The predicted molar refractivity (Wildman–Crippen MR) is 126 cm³/mol. The highest BCUT2D eigenvalue weighted by atomic mass is 35.5. The van der Waals surface area contributed by atoms with E-state index in [2.05, 4.69) is 5.32 Å². The van der Waals surface area contributed by atoms with Gasteiger partial charge in [-0.1, -0.05) is 35.9 Å². The molecule has 0 saturated carbocycles. The van der Waals surface area contributed by atoms with Crippen LogP contribution < -0.4 is 19.7 Å². The van der Waals surface area contributed by atoms with Gasteiger partial charge in [0, 0.05) is 10.6 Å². The molecule has 0 bridgehead atoms. The minimum absolute atomic E-state index is 0.0610. The second kappa shape index (κ2) is 9.68. The summed E-state index contributed by atoms with van der Waals surface area (Å²) in [5.41, 5.74) is 1.73. The van der Waals surface area contributed by atoms with Crippen molar-refractivity contribution in [2.45, 2.75) is 6.61 Å². The van der Waals surface area contributed by atoms with Gasteiger partial charge in [-0.3, -0.25) is 4.79 Å². The fourth-order valence-electron chi connectivity index (χ4n) is 3.43. The van der Waals surface area contributed by atoms with Crippen LogP contribution in [0.2, 0.25) is 5.02 Å². The molecule has 34 heavy (non-hydrogen) atoms. The largest absolute Gasteiger partial charge is 0.493 e. The van der Waals surface area contributed by atoms with E-state index >= 15 is 0 Å². The Morgan fingerprint density at radius 3 is 2.53 bits per heavy atom. The molecule has 172 valence electrons. The van der Waals surface area contributed by atoms with Gasteiger partial charge in [-0.05, 0) is 54.1 Å². The lowest BCUT2D eigenvalue weighted by molar-refractivity contribution is -0.113. The van der Waals surface area contributed by atoms with E-state index < -0.39 is 17.9 Å². The molecule has 0 aromatic heterocycles. The molecule has 8 nitrogen and oxygen atoms in total. The van der Waals surface area contributed by atoms with Crippen LogP contribution in [-0.4, -0.2) is 30.1 Å². The average molecular weight is 479 g/mol. The highest BCUT2D eigenvalue weighted by molar-refractivity contribution is 6.31. The number of carbonyl (C=O) groups excluding carboxylic acids is 2. The number of nitrogens with zero attached hydrogens (tertiary/aromatic N) is 1. The van der Waals surface area contributed by atoms with Crippen molar-refractivity contribution in [1.82, 2.24) is 5.32 Å². The lowest BCUT2D eigenvalue weighted by atomic mass is 10.1. The lowest BCUT2D eigenvalue weighted by Gasteiger charge is -2.14. The maximum atomic E-state index is 13.0. The van der Waals surface area contributed by atoms with Crippen LogP contribution in [0.25, 0.3) is 6.08 Å². The van der Waals surface area contributed by atoms with Gasteiger partial charge < -0.3 is 19.9 Å². The highest BCUT2D eigenvalue weighted by Crippen LogP contribution is 2.34. The molecule has 2 N–H and O–H groups in total. The Balaban J connectivity index is 1.63. The summed E-state index contributed by atoms with van der Waals surface area (Å²) in [5.74, 6) is -0.819. The van der Waals surface area contributed by atoms with Crippen molar-refractivity contribution in [2.75, 3.05) is 12.0 Å². The molecule has 0 radical (unpaired) electrons. The molecule has 0 atom stereocenters. The number of methoxy groups -OCH3 is 1. The summed E-state index contributed by atoms with van der Waals surface area (Å²) in [6, 6.07) is 17.3. The average Bonchev–Trinajstić information content (AvgIpc) is 3.11. The van der Waals surface area contributed by atoms with Gasteiger partial charge in [-0.2, -0.15) is 0 Å². The zero-order valence-electron chi connectivity index (χ0n) is 17.9. The maximum absolute atomic E-state index is 13.0. The number of halogens is 1. The van der Waals surface area contributed by atoms with Crippen LogP contribution in [-0.2, 0) is 11.4 Å². The number of imide groups is 1. The number of hydrogen-bond donors (Lipinski definition) is 2. The van der Waals surface area contributed by atoms with Crippen LogP contribution in [0.15, 0.2) is 72.4 Å². The number of carbonyl (C=O) groups is 3. The Kier molecular flexibility index (Phi) is 6.51. The Bertz CT molecular complexity index is 1300. The van der Waals surface area contributed by atoms with Crippen LogP contribution in [0.4, 0.5) is 10.5 Å². The number of benzene rings is 3. The van der Waals surface area contributed by atoms with Crippen molar-refractivity contribution in [3.63, 3.8) is 0 Å². The van der Waals surface area contributed by atoms with Gasteiger partial charge in [0.1, 0.15) is 12.3 Å². The summed E-state index contributed by atoms with van der Waals surface area (Å²) >= 11 is 5.90. The monoisotopic (exact) mass is 478 g/mol. The van der Waals surface area contributed by atoms with E-state index in [1.165, 1.54) is 25.3 Å². The number of urea groups is 1. The van der Waals surface area contributed by atoms with E-state index in [9.17, 15) is 19.5 Å². The highest BCUT2D eigenvalue weighted by Gasteiger charge is 2.35. The molecule has 3 aromatic rings. The van der Waals surface area contributed by atoms with Crippen molar-refractivity contribution in [1.29, 1.82) is 0 Å². The number of rotatable bonds is 7. The molecule has 1 fully saturated rings. The third-order valence-corrected chi connectivity index (χ3v) is 5.30. The summed E-state index contributed by atoms with van der Waals surface area (Å²) in [5, 5.41) is 12.3. The fourth-order valence-corrected chi connectivity index (χ4v) is 3.55. The summed E-state index contributed by atoms with van der Waals surface area (Å²) in [6.45, 7) is 0.0644. The zero-order chi connectivity index (χ0) is 24.2.